The SMILES string of the molecule is C.C.C.C.C.C.C.C.C.C.C.C.C.C.C.C.C.C.C.C.C.C.C.C.CC1C(=O)OC(=O)C1C.CC1C(=O)OC(=O)C1C.CC1C(C)C2OC1C1OC(=O)OC21.CC1C(C)C2OC1C1OC(=O)OC21.CC1C(C)C2OC1C1OC(=O)OC21.CC1C2CC(C(=O)OC3(C4CCCCC4)CCCC3)C(C2)C1C.CCC(C)(C)C(=O)OC(C)(C)C12CC3CC(CC(C3)C1)C2.CCC(C)(C)C(=O)OC1(CC)CC2CCC1C2. The summed E-state index contributed by atoms with van der Waals surface area (Å²) in [5, 5.41) is 0. The molecule has 0 aromatic carbocycles. The smallest absolute Gasteiger partial charge is 0.459 e. The summed E-state index contributed by atoms with van der Waals surface area (Å²) >= 11 is 0. The summed E-state index contributed by atoms with van der Waals surface area (Å²) < 4.78 is 74.6. The fourth-order valence-corrected chi connectivity index (χ4v) is 25.1. The first-order valence-corrected chi connectivity index (χ1v) is 46.3. The molecule has 0 N–H and O–H groups in total. The van der Waals surface area contributed by atoms with Gasteiger partial charge in [-0.25, -0.2) is 14.4 Å². The van der Waals surface area contributed by atoms with E-state index in [0.717, 1.165) is 80.5 Å². The monoisotopic (exact) mass is 2040 g/mol. The minimum atomic E-state index is -0.533. The Labute approximate surface area is 878 Å². The van der Waals surface area contributed by atoms with Gasteiger partial charge in [-0.15, -0.1) is 0 Å². The standard InChI is InChI=1S/C21H34O2.C19H32O2.C15H26O2.3C9H12O4.2C6H8O3.24CH4/c1-14-15(2)18-12-16(14)13-19(18)20(22)23-21(10-6-7-11-21)17-8-4-3-5-9-17;1-6-17(2,3)16(20)21-18(4,5)19-10-13-7-14(11-19)9-15(8-13)12-19;1-5-14(3,4)13(16)17-15(6-2)10-11-7-8-12(15)9-11;3*1-3-4(2)6-8-7(5(3)11-6)12-9(10)13-8;2*1-3-4(2)6(8)9-5(3)7;;;;;;;;;;;;;;;;;;;;;;;;/h14-19H,3-13H2,1-2H3;13-15H,6-12H2,1-5H3;11-12H,5-10H2,1-4H3;3*3-8H,1-2H3;2*3-4H,1-2H3;24*1H4. The van der Waals surface area contributed by atoms with Gasteiger partial charge in [-0.3, -0.25) is 33.6 Å². The zero-order valence-electron chi connectivity index (χ0n) is 74.8. The topological polar surface area (TPSA) is 300 Å². The van der Waals surface area contributed by atoms with Crippen LogP contribution in [0.25, 0.3) is 0 Å². The van der Waals surface area contributed by atoms with Crippen molar-refractivity contribution in [2.45, 2.75) is 568 Å². The molecule has 0 aromatic heterocycles. The van der Waals surface area contributed by atoms with E-state index in [2.05, 4.69) is 99.5 Å². The molecule has 11 aliphatic heterocycles. The van der Waals surface area contributed by atoms with Crippen LogP contribution in [-0.4, -0.2) is 150 Å². The predicted octanol–water partition coefficient (Wildman–Crippen LogP) is 33.0. The third-order valence-corrected chi connectivity index (χ3v) is 34.9. The van der Waals surface area contributed by atoms with Crippen LogP contribution in [0.4, 0.5) is 14.4 Å². The van der Waals surface area contributed by atoms with Crippen molar-refractivity contribution in [3.8, 4) is 0 Å². The first-order chi connectivity index (χ1) is 55.5. The third kappa shape index (κ3) is 31.1. The summed E-state index contributed by atoms with van der Waals surface area (Å²) in [5.41, 5.74) is -0.946. The van der Waals surface area contributed by atoms with Crippen LogP contribution in [0.2, 0.25) is 0 Å². The van der Waals surface area contributed by atoms with Gasteiger partial charge in [0.15, 0.2) is 36.6 Å². The highest BCUT2D eigenvalue weighted by atomic mass is 16.8. The number of rotatable bonds is 11. The van der Waals surface area contributed by atoms with Gasteiger partial charge in [0.1, 0.15) is 53.4 Å². The highest BCUT2D eigenvalue weighted by Crippen LogP contribution is 2.65. The van der Waals surface area contributed by atoms with Gasteiger partial charge in [0.25, 0.3) is 0 Å². The Morgan fingerprint density at radius 1 is 0.324 bits per heavy atom. The van der Waals surface area contributed by atoms with E-state index < -0.39 is 42.3 Å². The van der Waals surface area contributed by atoms with Crippen molar-refractivity contribution in [2.24, 2.45) is 141 Å². The molecule has 10 aliphatic carbocycles. The van der Waals surface area contributed by atoms with Crippen molar-refractivity contribution in [2.75, 3.05) is 0 Å². The number of hydrogen-bond acceptors (Lipinski definition) is 24. The Kier molecular flexibility index (Phi) is 71.4. The average molecular weight is 2040 g/mol. The lowest BCUT2D eigenvalue weighted by Gasteiger charge is -2.61. The fourth-order valence-electron chi connectivity index (χ4n) is 25.1. The van der Waals surface area contributed by atoms with Gasteiger partial charge in [-0.1, -0.05) is 301 Å². The van der Waals surface area contributed by atoms with Crippen molar-refractivity contribution in [1.29, 1.82) is 0 Å². The molecule has 21 rings (SSSR count). The van der Waals surface area contributed by atoms with Crippen LogP contribution in [0.3, 0.4) is 0 Å². The number of cyclic esters (lactones) is 4. The summed E-state index contributed by atoms with van der Waals surface area (Å²) in [5.74, 6) is 8.25. The molecule has 856 valence electrons. The number of hydrogen-bond donors (Lipinski definition) is 0. The van der Waals surface area contributed by atoms with Crippen LogP contribution in [0.5, 0.6) is 0 Å². The average Bonchev–Trinajstić information content (AvgIpc) is 1.10. The van der Waals surface area contributed by atoms with Crippen LogP contribution >= 0.6 is 0 Å². The zero-order chi connectivity index (χ0) is 85.7. The van der Waals surface area contributed by atoms with Crippen LogP contribution < -0.4 is 0 Å². The van der Waals surface area contributed by atoms with Crippen LogP contribution in [0.15, 0.2) is 0 Å². The van der Waals surface area contributed by atoms with Crippen molar-refractivity contribution < 1.29 is 114 Å². The lowest BCUT2D eigenvalue weighted by molar-refractivity contribution is -0.206. The quantitative estimate of drug-likeness (QED) is 0.105. The summed E-state index contributed by atoms with van der Waals surface area (Å²) in [4.78, 5) is 113. The zero-order valence-corrected chi connectivity index (χ0v) is 74.8. The molecule has 21 aliphatic rings. The molecular weight excluding hydrogens is 1800 g/mol. The molecule has 11 heterocycles. The lowest BCUT2D eigenvalue weighted by atomic mass is 9.46. The highest BCUT2D eigenvalue weighted by Gasteiger charge is 2.67. The van der Waals surface area contributed by atoms with Crippen molar-refractivity contribution in [1.82, 2.24) is 0 Å². The molecule has 0 spiro atoms. The van der Waals surface area contributed by atoms with Gasteiger partial charge < -0.3 is 66.3 Å². The number of ether oxygens (including phenoxy) is 14. The predicted molar refractivity (Wildman–Crippen MR) is 592 cm³/mol. The van der Waals surface area contributed by atoms with Crippen molar-refractivity contribution in [3.63, 3.8) is 0 Å². The van der Waals surface area contributed by atoms with E-state index in [0.29, 0.717) is 59.2 Å². The molecule has 21 fully saturated rings. The molecule has 24 nitrogen and oxygen atoms in total. The van der Waals surface area contributed by atoms with Crippen LogP contribution in [-0.2, 0) is 99.9 Å². The molecule has 0 amide bonds. The summed E-state index contributed by atoms with van der Waals surface area (Å²) in [6.45, 7) is 43.0. The minimum Gasteiger partial charge on any atom is -0.459 e. The van der Waals surface area contributed by atoms with Crippen molar-refractivity contribution >= 4 is 60.3 Å². The van der Waals surface area contributed by atoms with Gasteiger partial charge in [0, 0.05) is 5.41 Å². The maximum absolute atomic E-state index is 13.1. The Hall–Kier alpha value is -5.62. The second kappa shape index (κ2) is 62.8. The molecule has 11 saturated heterocycles. The molecule has 0 aromatic rings. The maximum atomic E-state index is 13.1. The Balaban J connectivity index is -0.000000135. The minimum absolute atomic E-state index is 0. The number of esters is 7. The highest BCUT2D eigenvalue weighted by molar-refractivity contribution is 5.96. The van der Waals surface area contributed by atoms with E-state index in [1.807, 2.05) is 27.7 Å². The Bertz CT molecular complexity index is 3380. The molecule has 14 bridgehead atoms. The van der Waals surface area contributed by atoms with Gasteiger partial charge in [0.05, 0.1) is 40.4 Å². The molecule has 24 heteroatoms. The fraction of sp³-hybridized carbons (Fsp3) is 0.915. The lowest BCUT2D eigenvalue weighted by Crippen LogP contribution is -2.58. The van der Waals surface area contributed by atoms with Crippen LogP contribution in [0.1, 0.15) is 478 Å². The summed E-state index contributed by atoms with van der Waals surface area (Å²) in [6.07, 6.45) is 27.5. The summed E-state index contributed by atoms with van der Waals surface area (Å²) in [6, 6.07) is 0. The van der Waals surface area contributed by atoms with E-state index in [4.69, 9.17) is 56.8 Å². The number of fused-ring (bicyclic) bond motifs is 19. The van der Waals surface area contributed by atoms with Gasteiger partial charge >= 0.3 is 60.3 Å². The van der Waals surface area contributed by atoms with Crippen molar-refractivity contribution in [3.05, 3.63) is 0 Å². The van der Waals surface area contributed by atoms with E-state index in [1.165, 1.54) is 109 Å². The second-order valence-corrected chi connectivity index (χ2v) is 42.4. The molecule has 10 saturated carbocycles. The molecule has 30 atom stereocenters. The Morgan fingerprint density at radius 3 is 0.887 bits per heavy atom. The van der Waals surface area contributed by atoms with E-state index in [-0.39, 0.29) is 332 Å². The molecular formula is C118H240O24. The molecule has 0 radical (unpaired) electrons. The largest absolute Gasteiger partial charge is 0.509 e. The van der Waals surface area contributed by atoms with Crippen LogP contribution in [0, 0.1) is 141 Å². The van der Waals surface area contributed by atoms with E-state index in [1.54, 1.807) is 27.7 Å². The Morgan fingerprint density at radius 2 is 0.634 bits per heavy atom. The van der Waals surface area contributed by atoms with E-state index in [9.17, 15) is 47.9 Å². The number of carbonyl (C=O) groups excluding carboxylic acids is 10. The third-order valence-electron chi connectivity index (χ3n) is 34.9. The van der Waals surface area contributed by atoms with Gasteiger partial charge in [-0.2, -0.15) is 0 Å². The normalized spacial score (nSPS) is 37.2. The number of carbonyl (C=O) groups is 10. The molecule has 30 unspecified atom stereocenters. The summed E-state index contributed by atoms with van der Waals surface area (Å²) in [7, 11) is 0. The first kappa shape index (κ1) is 162. The van der Waals surface area contributed by atoms with Gasteiger partial charge in [0.2, 0.25) is 0 Å². The van der Waals surface area contributed by atoms with Gasteiger partial charge in [-0.05, 0) is 271 Å². The van der Waals surface area contributed by atoms with E-state index >= 15 is 0 Å². The second-order valence-electron chi connectivity index (χ2n) is 42.4. The maximum Gasteiger partial charge on any atom is 0.509 e. The first-order valence-electron chi connectivity index (χ1n) is 46.3. The molecule has 142 heavy (non-hydrogen) atoms.